The van der Waals surface area contributed by atoms with E-state index in [0.29, 0.717) is 0 Å². The van der Waals surface area contributed by atoms with Crippen LogP contribution in [0.25, 0.3) is 33.7 Å². The smallest absolute Gasteiger partial charge is 0.182 e. The van der Waals surface area contributed by atoms with Crippen LogP contribution in [-0.4, -0.2) is 25.1 Å². The molecule has 0 bridgehead atoms. The summed E-state index contributed by atoms with van der Waals surface area (Å²) in [7, 11) is 3.27. The molecule has 0 heterocycles. The molecule has 0 amide bonds. The number of aliphatic hydroxyl groups excluding tert-OH is 1. The zero-order valence-corrected chi connectivity index (χ0v) is 18.5. The van der Waals surface area contributed by atoms with Crippen LogP contribution in [0.2, 0.25) is 0 Å². The molecule has 0 aromatic heterocycles. The maximum absolute atomic E-state index is 12.4. The first-order valence-corrected chi connectivity index (χ1v) is 10.5. The summed E-state index contributed by atoms with van der Waals surface area (Å²) in [5.74, 6) is 1.14. The molecule has 4 heteroatoms. The van der Waals surface area contributed by atoms with E-state index in [1.807, 2.05) is 72.8 Å². The number of fused-ring (bicyclic) bond motifs is 2. The van der Waals surface area contributed by atoms with Crippen molar-refractivity contribution < 1.29 is 19.4 Å². The summed E-state index contributed by atoms with van der Waals surface area (Å²) >= 11 is 0. The summed E-state index contributed by atoms with van der Waals surface area (Å²) in [6.45, 7) is 0. The average molecular weight is 437 g/mol. The summed E-state index contributed by atoms with van der Waals surface area (Å²) in [6.07, 6.45) is 7.68. The molecule has 0 spiro atoms. The number of allylic oxidation sites excluding steroid dienone is 3. The Balaban J connectivity index is 1.54. The van der Waals surface area contributed by atoms with Gasteiger partial charge in [-0.2, -0.15) is 0 Å². The summed E-state index contributed by atoms with van der Waals surface area (Å²) in [5, 5.41) is 14.2. The molecule has 0 saturated carbocycles. The van der Waals surface area contributed by atoms with Crippen LogP contribution in [-0.2, 0) is 4.79 Å². The molecule has 0 fully saturated rings. The van der Waals surface area contributed by atoms with Crippen molar-refractivity contribution in [3.05, 3.63) is 108 Å². The van der Waals surface area contributed by atoms with E-state index >= 15 is 0 Å². The second-order valence-electron chi connectivity index (χ2n) is 7.44. The van der Waals surface area contributed by atoms with Crippen molar-refractivity contribution >= 4 is 39.5 Å². The highest BCUT2D eigenvalue weighted by Gasteiger charge is 2.05. The van der Waals surface area contributed by atoms with Gasteiger partial charge in [0, 0.05) is 16.8 Å². The van der Waals surface area contributed by atoms with Gasteiger partial charge < -0.3 is 14.6 Å². The number of hydrogen-bond donors (Lipinski definition) is 1. The van der Waals surface area contributed by atoms with Crippen LogP contribution in [0.15, 0.2) is 96.8 Å². The number of ketones is 1. The first kappa shape index (κ1) is 21.9. The number of rotatable bonds is 7. The van der Waals surface area contributed by atoms with E-state index in [4.69, 9.17) is 9.47 Å². The number of aliphatic hydroxyl groups is 1. The first-order chi connectivity index (χ1) is 16.1. The lowest BCUT2D eigenvalue weighted by molar-refractivity contribution is -0.110. The third-order valence-corrected chi connectivity index (χ3v) is 5.43. The third-order valence-electron chi connectivity index (χ3n) is 5.43. The molecular formula is C29H24O4. The highest BCUT2D eigenvalue weighted by molar-refractivity contribution is 6.04. The molecule has 0 aliphatic heterocycles. The van der Waals surface area contributed by atoms with E-state index in [0.717, 1.165) is 44.2 Å². The standard InChI is InChI=1S/C29H24O4/c1-32-28-17-13-20(24-7-3-5-9-26(24)28)11-15-22(30)19-23(31)16-12-21-14-18-29(33-2)27-10-6-4-8-25(21)27/h3-19,30H,1-2H3/b15-11+,16-12+,22-19-. The molecule has 4 rings (SSSR count). The molecule has 1 N–H and O–H groups in total. The molecule has 0 saturated heterocycles. The van der Waals surface area contributed by atoms with Gasteiger partial charge in [-0.15, -0.1) is 0 Å². The van der Waals surface area contributed by atoms with Gasteiger partial charge >= 0.3 is 0 Å². The van der Waals surface area contributed by atoms with Crippen molar-refractivity contribution in [2.24, 2.45) is 0 Å². The van der Waals surface area contributed by atoms with Gasteiger partial charge in [0.2, 0.25) is 0 Å². The molecule has 0 aliphatic rings. The molecule has 4 nitrogen and oxygen atoms in total. The average Bonchev–Trinajstić information content (AvgIpc) is 2.85. The number of benzene rings is 4. The second kappa shape index (κ2) is 9.88. The lowest BCUT2D eigenvalue weighted by Gasteiger charge is -2.08. The molecule has 33 heavy (non-hydrogen) atoms. The lowest BCUT2D eigenvalue weighted by Crippen LogP contribution is -1.90. The minimum Gasteiger partial charge on any atom is -0.508 e. The van der Waals surface area contributed by atoms with Gasteiger partial charge in [0.15, 0.2) is 5.78 Å². The maximum Gasteiger partial charge on any atom is 0.182 e. The summed E-state index contributed by atoms with van der Waals surface area (Å²) in [6, 6.07) is 23.3. The maximum atomic E-state index is 12.4. The van der Waals surface area contributed by atoms with Crippen molar-refractivity contribution in [3.63, 3.8) is 0 Å². The van der Waals surface area contributed by atoms with Crippen LogP contribution in [0.3, 0.4) is 0 Å². The van der Waals surface area contributed by atoms with Crippen LogP contribution in [0.1, 0.15) is 11.1 Å². The Morgan fingerprint density at radius 1 is 0.667 bits per heavy atom. The number of carbonyl (C=O) groups is 1. The topological polar surface area (TPSA) is 55.8 Å². The number of carbonyl (C=O) groups excluding carboxylic acids is 1. The highest BCUT2D eigenvalue weighted by Crippen LogP contribution is 2.30. The quantitative estimate of drug-likeness (QED) is 0.198. The predicted molar refractivity (Wildman–Crippen MR) is 135 cm³/mol. The van der Waals surface area contributed by atoms with Crippen molar-refractivity contribution in [3.8, 4) is 11.5 Å². The fourth-order valence-electron chi connectivity index (χ4n) is 3.83. The molecule has 0 unspecified atom stereocenters. The molecule has 0 aliphatic carbocycles. The van der Waals surface area contributed by atoms with Crippen LogP contribution >= 0.6 is 0 Å². The van der Waals surface area contributed by atoms with Gasteiger partial charge in [-0.25, -0.2) is 0 Å². The third kappa shape index (κ3) is 4.80. The normalized spacial score (nSPS) is 12.1. The second-order valence-corrected chi connectivity index (χ2v) is 7.44. The van der Waals surface area contributed by atoms with Crippen LogP contribution in [0.5, 0.6) is 11.5 Å². The fourth-order valence-corrected chi connectivity index (χ4v) is 3.83. The van der Waals surface area contributed by atoms with E-state index in [1.165, 1.54) is 18.2 Å². The van der Waals surface area contributed by atoms with E-state index in [2.05, 4.69) is 0 Å². The minimum absolute atomic E-state index is 0.121. The van der Waals surface area contributed by atoms with E-state index < -0.39 is 0 Å². The Hall–Kier alpha value is -4.31. The molecule has 164 valence electrons. The van der Waals surface area contributed by atoms with Gasteiger partial charge in [-0.3, -0.25) is 4.79 Å². The summed E-state index contributed by atoms with van der Waals surface area (Å²) < 4.78 is 10.8. The number of methoxy groups -OCH3 is 2. The molecule has 0 radical (unpaired) electrons. The van der Waals surface area contributed by atoms with Crippen molar-refractivity contribution in [1.29, 1.82) is 0 Å². The minimum atomic E-state index is -0.309. The van der Waals surface area contributed by atoms with Gasteiger partial charge in [0.1, 0.15) is 17.3 Å². The Morgan fingerprint density at radius 2 is 1.12 bits per heavy atom. The summed E-state index contributed by atoms with van der Waals surface area (Å²) in [4.78, 5) is 12.4. The fraction of sp³-hybridized carbons (Fsp3) is 0.0690. The number of ether oxygens (including phenoxy) is 2. The predicted octanol–water partition coefficient (Wildman–Crippen LogP) is 6.75. The Morgan fingerprint density at radius 3 is 1.61 bits per heavy atom. The Kier molecular flexibility index (Phi) is 6.56. The van der Waals surface area contributed by atoms with Crippen LogP contribution < -0.4 is 9.47 Å². The Bertz CT molecular complexity index is 1410. The van der Waals surface area contributed by atoms with Crippen LogP contribution in [0.4, 0.5) is 0 Å². The van der Waals surface area contributed by atoms with Gasteiger partial charge in [-0.05, 0) is 46.2 Å². The number of hydrogen-bond acceptors (Lipinski definition) is 4. The first-order valence-electron chi connectivity index (χ1n) is 10.5. The molecule has 4 aromatic rings. The monoisotopic (exact) mass is 436 g/mol. The van der Waals surface area contributed by atoms with Crippen molar-refractivity contribution in [1.82, 2.24) is 0 Å². The molecule has 4 aromatic carbocycles. The van der Waals surface area contributed by atoms with Gasteiger partial charge in [-0.1, -0.05) is 72.8 Å². The lowest BCUT2D eigenvalue weighted by atomic mass is 10.0. The zero-order valence-electron chi connectivity index (χ0n) is 18.5. The SMILES string of the molecule is COc1ccc(/C=C/C(=O)/C=C(O)/C=C/c2ccc(OC)c3ccccc23)c2ccccc12. The van der Waals surface area contributed by atoms with Gasteiger partial charge in [0.05, 0.1) is 14.2 Å². The van der Waals surface area contributed by atoms with E-state index in [-0.39, 0.29) is 11.5 Å². The van der Waals surface area contributed by atoms with Crippen molar-refractivity contribution in [2.75, 3.05) is 14.2 Å². The highest BCUT2D eigenvalue weighted by atomic mass is 16.5. The summed E-state index contributed by atoms with van der Waals surface area (Å²) in [5.41, 5.74) is 1.81. The van der Waals surface area contributed by atoms with Gasteiger partial charge in [0.25, 0.3) is 0 Å². The molecular weight excluding hydrogens is 412 g/mol. The van der Waals surface area contributed by atoms with Crippen molar-refractivity contribution in [2.45, 2.75) is 0 Å². The largest absolute Gasteiger partial charge is 0.508 e. The Labute approximate surface area is 192 Å². The van der Waals surface area contributed by atoms with E-state index in [1.54, 1.807) is 26.4 Å². The molecule has 0 atom stereocenters. The van der Waals surface area contributed by atoms with Crippen LogP contribution in [0, 0.1) is 0 Å². The van der Waals surface area contributed by atoms with E-state index in [9.17, 15) is 9.90 Å². The zero-order chi connectivity index (χ0) is 23.2.